The standard InChI is InChI=1S/C21H24N4O2S/c1-13-8-9-17(16(4)10-13)22-11-19-24-25-21(27-19)28-12-18(26)23-20-14(2)6-5-7-15(20)3/h5-10,22H,11-12H2,1-4H3,(H,23,26). The molecule has 0 bridgehead atoms. The summed E-state index contributed by atoms with van der Waals surface area (Å²) >= 11 is 1.23. The molecule has 28 heavy (non-hydrogen) atoms. The largest absolute Gasteiger partial charge is 0.414 e. The van der Waals surface area contributed by atoms with Gasteiger partial charge < -0.3 is 15.1 Å². The predicted molar refractivity (Wildman–Crippen MR) is 113 cm³/mol. The van der Waals surface area contributed by atoms with E-state index in [1.165, 1.54) is 17.3 Å². The smallest absolute Gasteiger partial charge is 0.277 e. The van der Waals surface area contributed by atoms with Crippen LogP contribution in [0.15, 0.2) is 46.0 Å². The van der Waals surface area contributed by atoms with Gasteiger partial charge in [0.2, 0.25) is 11.8 Å². The van der Waals surface area contributed by atoms with E-state index in [9.17, 15) is 4.79 Å². The second-order valence-corrected chi connectivity index (χ2v) is 7.66. The van der Waals surface area contributed by atoms with Crippen LogP contribution in [0.4, 0.5) is 11.4 Å². The number of para-hydroxylation sites is 1. The summed E-state index contributed by atoms with van der Waals surface area (Å²) in [5.74, 6) is 0.591. The van der Waals surface area contributed by atoms with Crippen molar-refractivity contribution in [1.29, 1.82) is 0 Å². The van der Waals surface area contributed by atoms with E-state index in [4.69, 9.17) is 4.42 Å². The van der Waals surface area contributed by atoms with Crippen LogP contribution in [0.5, 0.6) is 0 Å². The third kappa shape index (κ3) is 5.13. The minimum absolute atomic E-state index is 0.101. The van der Waals surface area contributed by atoms with Crippen molar-refractivity contribution in [3.05, 3.63) is 64.5 Å². The summed E-state index contributed by atoms with van der Waals surface area (Å²) in [5, 5.41) is 14.7. The molecule has 0 saturated heterocycles. The molecule has 7 heteroatoms. The summed E-state index contributed by atoms with van der Waals surface area (Å²) in [7, 11) is 0. The molecule has 1 heterocycles. The monoisotopic (exact) mass is 396 g/mol. The number of rotatable bonds is 7. The molecule has 0 spiro atoms. The summed E-state index contributed by atoms with van der Waals surface area (Å²) in [5.41, 5.74) is 6.35. The molecular formula is C21H24N4O2S. The van der Waals surface area contributed by atoms with Crippen molar-refractivity contribution in [1.82, 2.24) is 10.2 Å². The minimum Gasteiger partial charge on any atom is -0.414 e. The lowest BCUT2D eigenvalue weighted by Crippen LogP contribution is -2.15. The number of nitrogens with one attached hydrogen (secondary N) is 2. The van der Waals surface area contributed by atoms with Crippen molar-refractivity contribution >= 4 is 29.0 Å². The minimum atomic E-state index is -0.101. The van der Waals surface area contributed by atoms with E-state index >= 15 is 0 Å². The molecule has 1 amide bonds. The number of aryl methyl sites for hydroxylation is 4. The SMILES string of the molecule is Cc1ccc(NCc2nnc(SCC(=O)Nc3c(C)cccc3C)o2)c(C)c1. The average Bonchev–Trinajstić information content (AvgIpc) is 3.10. The Kier molecular flexibility index (Phi) is 6.36. The number of thioether (sulfide) groups is 1. The van der Waals surface area contributed by atoms with Gasteiger partial charge in [-0.1, -0.05) is 47.7 Å². The van der Waals surface area contributed by atoms with Crippen LogP contribution in [0.25, 0.3) is 0 Å². The van der Waals surface area contributed by atoms with Crippen LogP contribution in [0, 0.1) is 27.7 Å². The quantitative estimate of drug-likeness (QED) is 0.566. The zero-order chi connectivity index (χ0) is 20.1. The Morgan fingerprint density at radius 1 is 1.04 bits per heavy atom. The van der Waals surface area contributed by atoms with Gasteiger partial charge in [-0.05, 0) is 50.5 Å². The molecule has 6 nitrogen and oxygen atoms in total. The van der Waals surface area contributed by atoms with Crippen LogP contribution in [-0.4, -0.2) is 21.9 Å². The van der Waals surface area contributed by atoms with E-state index in [-0.39, 0.29) is 11.7 Å². The van der Waals surface area contributed by atoms with Crippen molar-refractivity contribution < 1.29 is 9.21 Å². The van der Waals surface area contributed by atoms with Crippen molar-refractivity contribution in [2.45, 2.75) is 39.5 Å². The van der Waals surface area contributed by atoms with Crippen LogP contribution in [-0.2, 0) is 11.3 Å². The maximum atomic E-state index is 12.2. The molecule has 0 fully saturated rings. The highest BCUT2D eigenvalue weighted by Gasteiger charge is 2.12. The maximum Gasteiger partial charge on any atom is 0.277 e. The first-order valence-corrected chi connectivity index (χ1v) is 10.0. The summed E-state index contributed by atoms with van der Waals surface area (Å²) < 4.78 is 5.62. The van der Waals surface area contributed by atoms with E-state index in [1.807, 2.05) is 38.1 Å². The van der Waals surface area contributed by atoms with Gasteiger partial charge in [-0.15, -0.1) is 10.2 Å². The molecule has 0 saturated carbocycles. The molecule has 0 aliphatic heterocycles. The Hall–Kier alpha value is -2.80. The first-order chi connectivity index (χ1) is 13.4. The Morgan fingerprint density at radius 2 is 1.79 bits per heavy atom. The highest BCUT2D eigenvalue weighted by atomic mass is 32.2. The summed E-state index contributed by atoms with van der Waals surface area (Å²) in [6.07, 6.45) is 0. The molecule has 3 rings (SSSR count). The fraction of sp³-hybridized carbons (Fsp3) is 0.286. The number of amides is 1. The Bertz CT molecular complexity index is 964. The normalized spacial score (nSPS) is 10.7. The summed E-state index contributed by atoms with van der Waals surface area (Å²) in [6.45, 7) is 8.51. The molecule has 0 atom stereocenters. The summed E-state index contributed by atoms with van der Waals surface area (Å²) in [6, 6.07) is 12.1. The molecule has 0 radical (unpaired) electrons. The molecule has 2 N–H and O–H groups in total. The molecule has 0 unspecified atom stereocenters. The van der Waals surface area contributed by atoms with Crippen molar-refractivity contribution in [3.8, 4) is 0 Å². The zero-order valence-corrected chi connectivity index (χ0v) is 17.3. The van der Waals surface area contributed by atoms with Crippen LogP contribution in [0.3, 0.4) is 0 Å². The van der Waals surface area contributed by atoms with Crippen LogP contribution in [0.2, 0.25) is 0 Å². The first-order valence-electron chi connectivity index (χ1n) is 9.05. The first kappa shape index (κ1) is 19.9. The highest BCUT2D eigenvalue weighted by Crippen LogP contribution is 2.22. The van der Waals surface area contributed by atoms with E-state index in [2.05, 4.69) is 46.8 Å². The summed E-state index contributed by atoms with van der Waals surface area (Å²) in [4.78, 5) is 12.2. The molecule has 3 aromatic rings. The number of carbonyl (C=O) groups excluding carboxylic acids is 1. The number of anilines is 2. The Labute approximate surface area is 169 Å². The number of nitrogens with zero attached hydrogens (tertiary/aromatic N) is 2. The average molecular weight is 397 g/mol. The van der Waals surface area contributed by atoms with Gasteiger partial charge in [-0.25, -0.2) is 0 Å². The number of hydrogen-bond donors (Lipinski definition) is 2. The predicted octanol–water partition coefficient (Wildman–Crippen LogP) is 4.65. The third-order valence-electron chi connectivity index (χ3n) is 4.33. The lowest BCUT2D eigenvalue weighted by atomic mass is 10.1. The maximum absolute atomic E-state index is 12.2. The number of aromatic nitrogens is 2. The molecule has 2 aromatic carbocycles. The van der Waals surface area contributed by atoms with E-state index in [0.29, 0.717) is 17.7 Å². The van der Waals surface area contributed by atoms with Gasteiger partial charge in [-0.3, -0.25) is 4.79 Å². The second-order valence-electron chi connectivity index (χ2n) is 6.74. The van der Waals surface area contributed by atoms with E-state index in [1.54, 1.807) is 0 Å². The van der Waals surface area contributed by atoms with Crippen molar-refractivity contribution in [3.63, 3.8) is 0 Å². The van der Waals surface area contributed by atoms with E-state index < -0.39 is 0 Å². The van der Waals surface area contributed by atoms with Gasteiger partial charge in [0.25, 0.3) is 5.22 Å². The second kappa shape index (κ2) is 8.93. The number of carbonyl (C=O) groups is 1. The fourth-order valence-electron chi connectivity index (χ4n) is 2.87. The topological polar surface area (TPSA) is 80.0 Å². The lowest BCUT2D eigenvalue weighted by molar-refractivity contribution is -0.113. The van der Waals surface area contributed by atoms with E-state index in [0.717, 1.165) is 28.1 Å². The number of hydrogen-bond acceptors (Lipinski definition) is 6. The van der Waals surface area contributed by atoms with Crippen molar-refractivity contribution in [2.75, 3.05) is 16.4 Å². The van der Waals surface area contributed by atoms with Gasteiger partial charge in [0.1, 0.15) is 0 Å². The molecular weight excluding hydrogens is 372 g/mol. The van der Waals surface area contributed by atoms with Gasteiger partial charge in [0, 0.05) is 11.4 Å². The van der Waals surface area contributed by atoms with Crippen LogP contribution in [0.1, 0.15) is 28.1 Å². The highest BCUT2D eigenvalue weighted by molar-refractivity contribution is 7.99. The van der Waals surface area contributed by atoms with Gasteiger partial charge in [-0.2, -0.15) is 0 Å². The van der Waals surface area contributed by atoms with Crippen LogP contribution >= 0.6 is 11.8 Å². The van der Waals surface area contributed by atoms with Gasteiger partial charge in [0.15, 0.2) is 0 Å². The Morgan fingerprint density at radius 3 is 2.50 bits per heavy atom. The van der Waals surface area contributed by atoms with Crippen LogP contribution < -0.4 is 10.6 Å². The van der Waals surface area contributed by atoms with Crippen molar-refractivity contribution in [2.24, 2.45) is 0 Å². The molecule has 0 aliphatic rings. The van der Waals surface area contributed by atoms with Gasteiger partial charge in [0.05, 0.1) is 12.3 Å². The lowest BCUT2D eigenvalue weighted by Gasteiger charge is -2.10. The Balaban J connectivity index is 1.51. The third-order valence-corrected chi connectivity index (χ3v) is 5.15. The van der Waals surface area contributed by atoms with Gasteiger partial charge >= 0.3 is 0 Å². The molecule has 146 valence electrons. The molecule has 0 aliphatic carbocycles. The fourth-order valence-corrected chi connectivity index (χ4v) is 3.45. The molecule has 1 aromatic heterocycles. The number of benzene rings is 2. The zero-order valence-electron chi connectivity index (χ0n) is 16.5.